The predicted octanol–water partition coefficient (Wildman–Crippen LogP) is 7.44. The lowest BCUT2D eigenvalue weighted by Gasteiger charge is -2.19. The molecule has 2 aromatic carbocycles. The summed E-state index contributed by atoms with van der Waals surface area (Å²) in [5.74, 6) is 0.706. The first-order valence-corrected chi connectivity index (χ1v) is 11.4. The Morgan fingerprint density at radius 2 is 1.62 bits per heavy atom. The Kier molecular flexibility index (Phi) is 6.68. The number of halogens is 3. The zero-order valence-electron chi connectivity index (χ0n) is 19.5. The van der Waals surface area contributed by atoms with Gasteiger partial charge in [0.1, 0.15) is 11.6 Å². The van der Waals surface area contributed by atoms with Crippen LogP contribution in [0.5, 0.6) is 5.75 Å². The van der Waals surface area contributed by atoms with Crippen LogP contribution in [-0.2, 0) is 5.41 Å². The topological polar surface area (TPSA) is 59.1 Å². The summed E-state index contributed by atoms with van der Waals surface area (Å²) in [6.07, 6.45) is -0.372. The van der Waals surface area contributed by atoms with Gasteiger partial charge in [-0.2, -0.15) is 4.98 Å². The number of benzene rings is 2. The summed E-state index contributed by atoms with van der Waals surface area (Å²) in [5.41, 5.74) is 3.12. The summed E-state index contributed by atoms with van der Waals surface area (Å²) in [7, 11) is 0. The fraction of sp³-hybridized carbons (Fsp3) is 0.385. The molecule has 0 amide bonds. The molecule has 0 spiro atoms. The SMILES string of the molecule is CC(C)(C)c1ccc(Nc2cc(-c3cccc(OC(F)(F)F)c3)nc(NC3CCCC3)n2)cc1. The standard InChI is InChI=1S/C26H29F3N4O/c1-25(2,3)18-11-13-20(14-12-18)30-23-16-22(32-24(33-23)31-19-8-4-5-9-19)17-7-6-10-21(15-17)34-26(27,28)29/h6-7,10-16,19H,4-5,8-9H2,1-3H3,(H2,30,31,32,33). The van der Waals surface area contributed by atoms with Crippen molar-refractivity contribution in [2.45, 2.75) is 64.3 Å². The van der Waals surface area contributed by atoms with Crippen LogP contribution >= 0.6 is 0 Å². The maximum absolute atomic E-state index is 12.7. The second-order valence-electron chi connectivity index (χ2n) is 9.62. The van der Waals surface area contributed by atoms with Crippen molar-refractivity contribution in [3.63, 3.8) is 0 Å². The van der Waals surface area contributed by atoms with Crippen molar-refractivity contribution in [3.8, 4) is 17.0 Å². The van der Waals surface area contributed by atoms with Gasteiger partial charge in [0.25, 0.3) is 0 Å². The fourth-order valence-electron chi connectivity index (χ4n) is 4.03. The molecule has 0 unspecified atom stereocenters. The van der Waals surface area contributed by atoms with Crippen molar-refractivity contribution >= 4 is 17.5 Å². The summed E-state index contributed by atoms with van der Waals surface area (Å²) in [5, 5.41) is 6.69. The Balaban J connectivity index is 1.65. The van der Waals surface area contributed by atoms with Gasteiger partial charge < -0.3 is 15.4 Å². The van der Waals surface area contributed by atoms with E-state index in [0.717, 1.165) is 31.4 Å². The normalized spacial score (nSPS) is 14.8. The van der Waals surface area contributed by atoms with E-state index in [1.54, 1.807) is 12.1 Å². The zero-order chi connectivity index (χ0) is 24.3. The molecule has 1 fully saturated rings. The van der Waals surface area contributed by atoms with Gasteiger partial charge in [-0.1, -0.05) is 57.9 Å². The average molecular weight is 471 g/mol. The lowest BCUT2D eigenvalue weighted by molar-refractivity contribution is -0.274. The molecule has 180 valence electrons. The molecule has 2 N–H and O–H groups in total. The third-order valence-electron chi connectivity index (χ3n) is 5.80. The van der Waals surface area contributed by atoms with Crippen molar-refractivity contribution in [2.75, 3.05) is 10.6 Å². The lowest BCUT2D eigenvalue weighted by atomic mass is 9.87. The molecule has 4 rings (SSSR count). The van der Waals surface area contributed by atoms with Gasteiger partial charge >= 0.3 is 6.36 Å². The van der Waals surface area contributed by atoms with Crippen LogP contribution in [0.2, 0.25) is 0 Å². The number of rotatable bonds is 6. The molecule has 0 bridgehead atoms. The second-order valence-corrected chi connectivity index (χ2v) is 9.62. The number of ether oxygens (including phenoxy) is 1. The molecule has 8 heteroatoms. The van der Waals surface area contributed by atoms with Crippen molar-refractivity contribution in [3.05, 3.63) is 60.2 Å². The van der Waals surface area contributed by atoms with Crippen molar-refractivity contribution < 1.29 is 17.9 Å². The highest BCUT2D eigenvalue weighted by atomic mass is 19.4. The van der Waals surface area contributed by atoms with E-state index in [-0.39, 0.29) is 17.2 Å². The van der Waals surface area contributed by atoms with Crippen LogP contribution in [0.3, 0.4) is 0 Å². The fourth-order valence-corrected chi connectivity index (χ4v) is 4.03. The van der Waals surface area contributed by atoms with Gasteiger partial charge in [-0.3, -0.25) is 0 Å². The van der Waals surface area contributed by atoms with E-state index in [1.165, 1.54) is 23.8 Å². The first-order chi connectivity index (χ1) is 16.0. The first-order valence-electron chi connectivity index (χ1n) is 11.4. The minimum absolute atomic E-state index is 0.0441. The quantitative estimate of drug-likeness (QED) is 0.392. The molecule has 5 nitrogen and oxygen atoms in total. The van der Waals surface area contributed by atoms with Gasteiger partial charge in [0, 0.05) is 23.4 Å². The number of nitrogens with one attached hydrogen (secondary N) is 2. The van der Waals surface area contributed by atoms with Gasteiger partial charge in [-0.25, -0.2) is 4.98 Å². The molecule has 0 atom stereocenters. The van der Waals surface area contributed by atoms with E-state index < -0.39 is 6.36 Å². The number of nitrogens with zero attached hydrogens (tertiary/aromatic N) is 2. The van der Waals surface area contributed by atoms with Crippen LogP contribution in [0.1, 0.15) is 52.0 Å². The van der Waals surface area contributed by atoms with E-state index in [9.17, 15) is 13.2 Å². The maximum Gasteiger partial charge on any atom is 0.573 e. The van der Waals surface area contributed by atoms with Gasteiger partial charge in [0.15, 0.2) is 0 Å². The van der Waals surface area contributed by atoms with Crippen molar-refractivity contribution in [1.82, 2.24) is 9.97 Å². The van der Waals surface area contributed by atoms with Crippen LogP contribution in [-0.4, -0.2) is 22.4 Å². The highest BCUT2D eigenvalue weighted by molar-refractivity contribution is 5.68. The number of anilines is 3. The molecule has 0 aliphatic heterocycles. The van der Waals surface area contributed by atoms with E-state index >= 15 is 0 Å². The average Bonchev–Trinajstić information content (AvgIpc) is 3.25. The Hall–Kier alpha value is -3.29. The second kappa shape index (κ2) is 9.52. The zero-order valence-corrected chi connectivity index (χ0v) is 19.5. The predicted molar refractivity (Wildman–Crippen MR) is 128 cm³/mol. The molecule has 1 aliphatic carbocycles. The number of alkyl halides is 3. The number of hydrogen-bond donors (Lipinski definition) is 2. The Bertz CT molecular complexity index is 1120. The molecular weight excluding hydrogens is 441 g/mol. The highest BCUT2D eigenvalue weighted by Gasteiger charge is 2.31. The smallest absolute Gasteiger partial charge is 0.406 e. The molecule has 0 saturated heterocycles. The molecule has 3 aromatic rings. The third kappa shape index (κ3) is 6.40. The highest BCUT2D eigenvalue weighted by Crippen LogP contribution is 2.31. The lowest BCUT2D eigenvalue weighted by Crippen LogP contribution is -2.17. The molecule has 1 aromatic heterocycles. The van der Waals surface area contributed by atoms with Crippen LogP contribution in [0.15, 0.2) is 54.6 Å². The van der Waals surface area contributed by atoms with E-state index in [1.807, 2.05) is 12.1 Å². The van der Waals surface area contributed by atoms with Gasteiger partial charge in [-0.15, -0.1) is 13.2 Å². The maximum atomic E-state index is 12.7. The summed E-state index contributed by atoms with van der Waals surface area (Å²) >= 11 is 0. The Morgan fingerprint density at radius 3 is 2.26 bits per heavy atom. The summed E-state index contributed by atoms with van der Waals surface area (Å²) in [6.45, 7) is 6.47. The van der Waals surface area contributed by atoms with Gasteiger partial charge in [0.2, 0.25) is 5.95 Å². The van der Waals surface area contributed by atoms with Crippen molar-refractivity contribution in [2.24, 2.45) is 0 Å². The summed E-state index contributed by atoms with van der Waals surface area (Å²) in [6, 6.07) is 15.9. The number of aromatic nitrogens is 2. The minimum Gasteiger partial charge on any atom is -0.406 e. The first kappa shape index (κ1) is 23.9. The molecule has 34 heavy (non-hydrogen) atoms. The molecule has 1 saturated carbocycles. The van der Waals surface area contributed by atoms with Crippen molar-refractivity contribution in [1.29, 1.82) is 0 Å². The van der Waals surface area contributed by atoms with Crippen LogP contribution in [0.4, 0.5) is 30.6 Å². The Labute approximate surface area is 197 Å². The molecular formula is C26H29F3N4O. The van der Waals surface area contributed by atoms with E-state index in [4.69, 9.17) is 0 Å². The van der Waals surface area contributed by atoms with Crippen LogP contribution in [0, 0.1) is 0 Å². The molecule has 0 radical (unpaired) electrons. The molecule has 1 heterocycles. The minimum atomic E-state index is -4.76. The van der Waals surface area contributed by atoms with Gasteiger partial charge in [-0.05, 0) is 48.1 Å². The summed E-state index contributed by atoms with van der Waals surface area (Å²) < 4.78 is 42.2. The van der Waals surface area contributed by atoms with E-state index in [0.29, 0.717) is 23.0 Å². The third-order valence-corrected chi connectivity index (χ3v) is 5.80. The molecule has 1 aliphatic rings. The number of hydrogen-bond acceptors (Lipinski definition) is 5. The van der Waals surface area contributed by atoms with E-state index in [2.05, 4.69) is 58.2 Å². The Morgan fingerprint density at radius 1 is 0.912 bits per heavy atom. The van der Waals surface area contributed by atoms with Gasteiger partial charge in [0.05, 0.1) is 5.69 Å². The largest absolute Gasteiger partial charge is 0.573 e. The monoisotopic (exact) mass is 470 g/mol. The van der Waals surface area contributed by atoms with Crippen LogP contribution < -0.4 is 15.4 Å². The summed E-state index contributed by atoms with van der Waals surface area (Å²) in [4.78, 5) is 9.22. The van der Waals surface area contributed by atoms with Crippen LogP contribution in [0.25, 0.3) is 11.3 Å².